The van der Waals surface area contributed by atoms with Gasteiger partial charge in [0, 0.05) is 16.1 Å². The van der Waals surface area contributed by atoms with Crippen LogP contribution >= 0.6 is 35.4 Å². The summed E-state index contributed by atoms with van der Waals surface area (Å²) in [6.07, 6.45) is -0.199. The molecule has 1 heterocycles. The molecule has 1 unspecified atom stereocenters. The number of hydrogen-bond donors (Lipinski definition) is 2. The molecule has 0 bridgehead atoms. The molecule has 0 aliphatic carbocycles. The Bertz CT molecular complexity index is 820. The van der Waals surface area contributed by atoms with Gasteiger partial charge in [0.2, 0.25) is 0 Å². The molecule has 0 amide bonds. The quantitative estimate of drug-likeness (QED) is 0.620. The smallest absolute Gasteiger partial charge is 0.166 e. The number of rotatable bonds is 3. The molecule has 0 saturated heterocycles. The minimum absolute atomic E-state index is 0.128. The van der Waals surface area contributed by atoms with Gasteiger partial charge in [-0.25, -0.2) is 0 Å². The van der Waals surface area contributed by atoms with E-state index in [1.165, 1.54) is 0 Å². The summed E-state index contributed by atoms with van der Waals surface area (Å²) >= 11 is 17.6. The summed E-state index contributed by atoms with van der Waals surface area (Å²) in [5.41, 5.74) is 0.728. The van der Waals surface area contributed by atoms with Gasteiger partial charge in [0.25, 0.3) is 0 Å². The van der Waals surface area contributed by atoms with Crippen molar-refractivity contribution in [1.29, 1.82) is 0 Å². The van der Waals surface area contributed by atoms with Gasteiger partial charge in [-0.1, -0.05) is 65.2 Å². The summed E-state index contributed by atoms with van der Waals surface area (Å²) in [4.78, 5) is 12.7. The van der Waals surface area contributed by atoms with E-state index < -0.39 is 5.60 Å². The minimum Gasteiger partial charge on any atom is -0.377 e. The predicted molar refractivity (Wildman–Crippen MR) is 96.7 cm³/mol. The van der Waals surface area contributed by atoms with Crippen LogP contribution in [0, 0.1) is 6.92 Å². The molecule has 0 saturated carbocycles. The van der Waals surface area contributed by atoms with E-state index >= 15 is 0 Å². The number of benzene rings is 2. The number of fused-ring (bicyclic) bond motifs is 1. The lowest BCUT2D eigenvalue weighted by Crippen LogP contribution is -2.35. The monoisotopic (exact) mass is 365 g/mol. The van der Waals surface area contributed by atoms with E-state index in [4.69, 9.17) is 35.4 Å². The van der Waals surface area contributed by atoms with E-state index in [2.05, 4.69) is 5.32 Å². The summed E-state index contributed by atoms with van der Waals surface area (Å²) in [6, 6.07) is 10.4. The molecule has 1 aliphatic rings. The van der Waals surface area contributed by atoms with Crippen molar-refractivity contribution in [2.75, 3.05) is 5.32 Å². The minimum atomic E-state index is -1.66. The summed E-state index contributed by atoms with van der Waals surface area (Å²) < 4.78 is 0. The van der Waals surface area contributed by atoms with Crippen molar-refractivity contribution in [1.82, 2.24) is 0 Å². The molecule has 23 heavy (non-hydrogen) atoms. The Morgan fingerprint density at radius 1 is 1.17 bits per heavy atom. The van der Waals surface area contributed by atoms with Gasteiger partial charge in [0.05, 0.1) is 17.1 Å². The third-order valence-corrected chi connectivity index (χ3v) is 4.99. The van der Waals surface area contributed by atoms with Crippen LogP contribution in [0.15, 0.2) is 36.4 Å². The second-order valence-corrected chi connectivity index (χ2v) is 6.78. The maximum Gasteiger partial charge on any atom is 0.166 e. The van der Waals surface area contributed by atoms with Crippen molar-refractivity contribution in [3.05, 3.63) is 63.1 Å². The first-order valence-corrected chi connectivity index (χ1v) is 8.11. The van der Waals surface area contributed by atoms with Gasteiger partial charge in [0.15, 0.2) is 11.4 Å². The number of Topliss-reactive ketones (excluding diaryl/α,β-unsaturated/α-hetero) is 1. The topological polar surface area (TPSA) is 49.3 Å². The van der Waals surface area contributed by atoms with Gasteiger partial charge in [0.1, 0.15) is 4.99 Å². The fourth-order valence-corrected chi connectivity index (χ4v) is 3.45. The molecular formula is C17H13Cl2NO2S. The maximum atomic E-state index is 12.5. The Balaban J connectivity index is 2.00. The average Bonchev–Trinajstić information content (AvgIpc) is 2.77. The zero-order valence-electron chi connectivity index (χ0n) is 12.2. The van der Waals surface area contributed by atoms with E-state index in [1.54, 1.807) is 24.3 Å². The Kier molecular flexibility index (Phi) is 4.19. The van der Waals surface area contributed by atoms with Crippen LogP contribution in [-0.2, 0) is 5.60 Å². The molecule has 1 atom stereocenters. The van der Waals surface area contributed by atoms with Gasteiger partial charge in [-0.05, 0) is 19.1 Å². The number of thiocarbonyl (C=S) groups is 1. The maximum absolute atomic E-state index is 12.5. The van der Waals surface area contributed by atoms with Crippen LogP contribution in [0.4, 0.5) is 5.69 Å². The van der Waals surface area contributed by atoms with Gasteiger partial charge >= 0.3 is 0 Å². The van der Waals surface area contributed by atoms with Crippen LogP contribution in [-0.4, -0.2) is 15.9 Å². The second kappa shape index (κ2) is 5.87. The van der Waals surface area contributed by atoms with Crippen molar-refractivity contribution < 1.29 is 9.90 Å². The van der Waals surface area contributed by atoms with Crippen LogP contribution < -0.4 is 5.32 Å². The second-order valence-electron chi connectivity index (χ2n) is 5.56. The molecule has 6 heteroatoms. The first-order valence-electron chi connectivity index (χ1n) is 6.95. The molecule has 3 nitrogen and oxygen atoms in total. The number of aryl methyl sites for hydroxylation is 1. The first kappa shape index (κ1) is 16.4. The van der Waals surface area contributed by atoms with Gasteiger partial charge in [-0.15, -0.1) is 0 Å². The number of hydrogen-bond acceptors (Lipinski definition) is 3. The third-order valence-electron chi connectivity index (χ3n) is 3.92. The number of ketones is 1. The SMILES string of the molecule is Cc1ccc(C(=O)CC2(O)C(=S)Nc3c(Cl)ccc(Cl)c32)cc1. The van der Waals surface area contributed by atoms with Crippen LogP contribution in [0.1, 0.15) is 27.9 Å². The van der Waals surface area contributed by atoms with Crippen LogP contribution in [0.25, 0.3) is 0 Å². The summed E-state index contributed by atoms with van der Waals surface area (Å²) in [7, 11) is 0. The van der Waals surface area contributed by atoms with Gasteiger partial charge < -0.3 is 10.4 Å². The first-order chi connectivity index (χ1) is 10.8. The largest absolute Gasteiger partial charge is 0.377 e. The number of carbonyl (C=O) groups excluding carboxylic acids is 1. The summed E-state index contributed by atoms with van der Waals surface area (Å²) in [5.74, 6) is -0.222. The van der Waals surface area contributed by atoms with Gasteiger partial charge in [-0.3, -0.25) is 4.79 Å². The highest BCUT2D eigenvalue weighted by atomic mass is 35.5. The number of nitrogens with one attached hydrogen (secondary N) is 1. The van der Waals surface area contributed by atoms with E-state index in [9.17, 15) is 9.90 Å². The number of anilines is 1. The Labute approximate surface area is 149 Å². The fraction of sp³-hybridized carbons (Fsp3) is 0.176. The van der Waals surface area contributed by atoms with Crippen LogP contribution in [0.3, 0.4) is 0 Å². The van der Waals surface area contributed by atoms with Crippen molar-refractivity contribution in [3.63, 3.8) is 0 Å². The van der Waals surface area contributed by atoms with E-state index in [0.717, 1.165) is 5.56 Å². The van der Waals surface area contributed by atoms with Gasteiger partial charge in [-0.2, -0.15) is 0 Å². The molecule has 2 aromatic carbocycles. The Hall–Kier alpha value is -1.46. The number of halogens is 2. The molecule has 0 aromatic heterocycles. The van der Waals surface area contributed by atoms with E-state index in [-0.39, 0.29) is 17.2 Å². The normalized spacial score (nSPS) is 19.4. The van der Waals surface area contributed by atoms with Crippen molar-refractivity contribution in [2.24, 2.45) is 0 Å². The third kappa shape index (κ3) is 2.76. The molecule has 1 aliphatic heterocycles. The summed E-state index contributed by atoms with van der Waals surface area (Å²) in [5, 5.41) is 14.6. The zero-order valence-corrected chi connectivity index (χ0v) is 14.5. The molecule has 0 radical (unpaired) electrons. The fourth-order valence-electron chi connectivity index (χ4n) is 2.65. The highest BCUT2D eigenvalue weighted by Crippen LogP contribution is 2.46. The summed E-state index contributed by atoms with van der Waals surface area (Å²) in [6.45, 7) is 1.94. The van der Waals surface area contributed by atoms with Crippen molar-refractivity contribution in [2.45, 2.75) is 18.9 Å². The lowest BCUT2D eigenvalue weighted by molar-refractivity contribution is 0.0753. The molecule has 2 aromatic rings. The van der Waals surface area contributed by atoms with Crippen molar-refractivity contribution >= 4 is 51.9 Å². The number of carbonyl (C=O) groups is 1. The number of aliphatic hydroxyl groups is 1. The highest BCUT2D eigenvalue weighted by molar-refractivity contribution is 7.80. The molecular weight excluding hydrogens is 353 g/mol. The van der Waals surface area contributed by atoms with Crippen LogP contribution in [0.2, 0.25) is 10.0 Å². The lowest BCUT2D eigenvalue weighted by atomic mass is 9.88. The average molecular weight is 366 g/mol. The van der Waals surface area contributed by atoms with E-state index in [1.807, 2.05) is 19.1 Å². The Morgan fingerprint density at radius 2 is 1.78 bits per heavy atom. The predicted octanol–water partition coefficient (Wildman–Crippen LogP) is 4.52. The molecule has 0 spiro atoms. The molecule has 118 valence electrons. The van der Waals surface area contributed by atoms with Crippen molar-refractivity contribution in [3.8, 4) is 0 Å². The molecule has 0 fully saturated rings. The molecule has 2 N–H and O–H groups in total. The zero-order chi connectivity index (χ0) is 16.8. The Morgan fingerprint density at radius 3 is 2.43 bits per heavy atom. The van der Waals surface area contributed by atoms with Crippen LogP contribution in [0.5, 0.6) is 0 Å². The standard InChI is InChI=1S/C17H13Cl2NO2S/c1-9-2-4-10(5-3-9)13(21)8-17(22)14-11(18)6-7-12(19)15(14)20-16(17)23/h2-7,22H,8H2,1H3,(H,20,23). The molecule has 3 rings (SSSR count). The van der Waals surface area contributed by atoms with E-state index in [0.29, 0.717) is 26.9 Å². The highest BCUT2D eigenvalue weighted by Gasteiger charge is 2.46. The lowest BCUT2D eigenvalue weighted by Gasteiger charge is -2.23.